The van der Waals surface area contributed by atoms with Gasteiger partial charge in [-0.1, -0.05) is 35.1 Å². The maximum absolute atomic E-state index is 13.3. The zero-order valence-corrected chi connectivity index (χ0v) is 20.2. The van der Waals surface area contributed by atoms with Crippen molar-refractivity contribution in [1.29, 1.82) is 0 Å². The van der Waals surface area contributed by atoms with Crippen molar-refractivity contribution in [3.8, 4) is 5.75 Å². The Hall–Kier alpha value is -3.01. The summed E-state index contributed by atoms with van der Waals surface area (Å²) in [5.41, 5.74) is 2.21. The molecule has 0 radical (unpaired) electrons. The summed E-state index contributed by atoms with van der Waals surface area (Å²) in [5, 5.41) is 0.787. The highest BCUT2D eigenvalue weighted by Crippen LogP contribution is 2.37. The second kappa shape index (κ2) is 9.46. The molecule has 0 aliphatic rings. The van der Waals surface area contributed by atoms with Crippen LogP contribution in [0.15, 0.2) is 65.7 Å². The van der Waals surface area contributed by atoms with Crippen LogP contribution < -0.4 is 9.64 Å². The fourth-order valence-corrected chi connectivity index (χ4v) is 5.65. The average molecular weight is 502 g/mol. The number of hydrogen-bond donors (Lipinski definition) is 0. The van der Waals surface area contributed by atoms with E-state index in [1.165, 1.54) is 40.5 Å². The third-order valence-corrected chi connectivity index (χ3v) is 8.06. The molecule has 0 fully saturated rings. The summed E-state index contributed by atoms with van der Waals surface area (Å²) < 4.78 is 32.1. The first-order valence-corrected chi connectivity index (χ1v) is 12.8. The van der Waals surface area contributed by atoms with E-state index >= 15 is 0 Å². The van der Waals surface area contributed by atoms with Crippen LogP contribution in [0.1, 0.15) is 11.3 Å². The van der Waals surface area contributed by atoms with Crippen molar-refractivity contribution in [2.45, 2.75) is 18.4 Å². The van der Waals surface area contributed by atoms with Gasteiger partial charge in [0.05, 0.1) is 28.9 Å². The van der Waals surface area contributed by atoms with Crippen molar-refractivity contribution >= 4 is 54.0 Å². The van der Waals surface area contributed by atoms with E-state index in [9.17, 15) is 13.2 Å². The number of nitrogens with zero attached hydrogens (tertiary/aromatic N) is 3. The molecule has 0 aliphatic carbocycles. The first-order chi connectivity index (χ1) is 15.8. The monoisotopic (exact) mass is 501 g/mol. The molecule has 1 amide bonds. The van der Waals surface area contributed by atoms with Crippen LogP contribution in [0.5, 0.6) is 5.75 Å². The molecule has 2 aromatic carbocycles. The minimum Gasteiger partial charge on any atom is -0.494 e. The number of aryl methyl sites for hydroxylation is 1. The molecule has 0 aliphatic heterocycles. The van der Waals surface area contributed by atoms with Gasteiger partial charge in [-0.3, -0.25) is 14.7 Å². The molecule has 0 N–H and O–H groups in total. The maximum Gasteiger partial charge on any atom is 0.244 e. The molecule has 0 atom stereocenters. The highest BCUT2D eigenvalue weighted by atomic mass is 35.5. The van der Waals surface area contributed by atoms with Crippen molar-refractivity contribution in [3.63, 3.8) is 0 Å². The van der Waals surface area contributed by atoms with Crippen molar-refractivity contribution in [2.75, 3.05) is 17.8 Å². The minimum absolute atomic E-state index is 0.0276. The molecule has 0 bridgehead atoms. The molecule has 2 aromatic heterocycles. The Balaban J connectivity index is 1.74. The van der Waals surface area contributed by atoms with E-state index in [0.29, 0.717) is 27.1 Å². The minimum atomic E-state index is -3.89. The quantitative estimate of drug-likeness (QED) is 0.365. The summed E-state index contributed by atoms with van der Waals surface area (Å²) in [5.74, 6) is -0.739. The molecule has 170 valence electrons. The molecule has 0 saturated heterocycles. The van der Waals surface area contributed by atoms with Crippen LogP contribution in [0.2, 0.25) is 5.02 Å². The maximum atomic E-state index is 13.3. The molecular formula is C23H20ClN3O4S2. The van der Waals surface area contributed by atoms with Gasteiger partial charge >= 0.3 is 0 Å². The number of amides is 1. The Morgan fingerprint density at radius 2 is 1.88 bits per heavy atom. The summed E-state index contributed by atoms with van der Waals surface area (Å²) in [6.45, 7) is 2.02. The molecule has 4 rings (SSSR count). The van der Waals surface area contributed by atoms with Gasteiger partial charge in [-0.15, -0.1) is 0 Å². The number of aromatic nitrogens is 2. The van der Waals surface area contributed by atoms with E-state index < -0.39 is 21.5 Å². The van der Waals surface area contributed by atoms with E-state index in [0.717, 1.165) is 10.3 Å². The van der Waals surface area contributed by atoms with Gasteiger partial charge in [0.15, 0.2) is 15.0 Å². The lowest BCUT2D eigenvalue weighted by Crippen LogP contribution is -2.35. The number of hydrogen-bond acceptors (Lipinski definition) is 7. The van der Waals surface area contributed by atoms with Gasteiger partial charge in [0.1, 0.15) is 17.0 Å². The van der Waals surface area contributed by atoms with Gasteiger partial charge in [-0.05, 0) is 55.0 Å². The summed E-state index contributed by atoms with van der Waals surface area (Å²) in [7, 11) is -2.34. The Kier molecular flexibility index (Phi) is 6.64. The molecule has 4 aromatic rings. The molecule has 0 spiro atoms. The predicted molar refractivity (Wildman–Crippen MR) is 130 cm³/mol. The number of carbonyl (C=O) groups excluding carboxylic acids is 1. The number of pyridine rings is 1. The molecule has 10 heteroatoms. The van der Waals surface area contributed by atoms with Crippen molar-refractivity contribution in [2.24, 2.45) is 0 Å². The number of ether oxygens (including phenoxy) is 1. The highest BCUT2D eigenvalue weighted by molar-refractivity contribution is 7.92. The number of benzene rings is 2. The SMILES string of the molecule is COc1ccc(C)c2sc(N(Cc3ccccn3)C(=O)CS(=O)(=O)c3ccc(Cl)cc3)nc12. The Morgan fingerprint density at radius 3 is 2.55 bits per heavy atom. The van der Waals surface area contributed by atoms with E-state index in [2.05, 4.69) is 9.97 Å². The van der Waals surface area contributed by atoms with Gasteiger partial charge in [-0.25, -0.2) is 13.4 Å². The second-order valence-corrected chi connectivity index (χ2v) is 10.7. The molecule has 7 nitrogen and oxygen atoms in total. The predicted octanol–water partition coefficient (Wildman–Crippen LogP) is 4.67. The number of rotatable bonds is 7. The van der Waals surface area contributed by atoms with E-state index in [1.807, 2.05) is 19.1 Å². The van der Waals surface area contributed by atoms with Crippen LogP contribution in [-0.2, 0) is 21.2 Å². The number of fused-ring (bicyclic) bond motifs is 1. The third kappa shape index (κ3) is 5.00. The summed E-state index contributed by atoms with van der Waals surface area (Å²) >= 11 is 7.18. The Labute approximate surface area is 200 Å². The number of anilines is 1. The second-order valence-electron chi connectivity index (χ2n) is 7.27. The Morgan fingerprint density at radius 1 is 1.12 bits per heavy atom. The van der Waals surface area contributed by atoms with E-state index in [4.69, 9.17) is 16.3 Å². The standard InChI is InChI=1S/C23H20ClN3O4S2/c1-15-6-11-19(31-2)21-22(15)32-23(26-21)27(13-17-5-3-4-12-25-17)20(28)14-33(29,30)18-9-7-16(24)8-10-18/h3-12H,13-14H2,1-2H3. The molecule has 33 heavy (non-hydrogen) atoms. The van der Waals surface area contributed by atoms with Crippen molar-refractivity contribution in [3.05, 3.63) is 77.1 Å². The van der Waals surface area contributed by atoms with Gasteiger partial charge in [0.25, 0.3) is 0 Å². The van der Waals surface area contributed by atoms with Crippen LogP contribution >= 0.6 is 22.9 Å². The van der Waals surface area contributed by atoms with Crippen LogP contribution in [0.4, 0.5) is 5.13 Å². The van der Waals surface area contributed by atoms with Crippen molar-refractivity contribution < 1.29 is 17.9 Å². The lowest BCUT2D eigenvalue weighted by atomic mass is 10.2. The zero-order chi connectivity index (χ0) is 23.6. The number of halogens is 1. The van der Waals surface area contributed by atoms with Crippen LogP contribution in [0.25, 0.3) is 10.2 Å². The topological polar surface area (TPSA) is 89.5 Å². The summed E-state index contributed by atoms with van der Waals surface area (Å²) in [6, 6.07) is 14.8. The lowest BCUT2D eigenvalue weighted by molar-refractivity contribution is -0.116. The summed E-state index contributed by atoms with van der Waals surface area (Å²) in [6.07, 6.45) is 1.62. The molecule has 0 unspecified atom stereocenters. The molecule has 2 heterocycles. The molecule has 0 saturated carbocycles. The third-order valence-electron chi connectivity index (χ3n) is 4.98. The highest BCUT2D eigenvalue weighted by Gasteiger charge is 2.28. The fraction of sp³-hybridized carbons (Fsp3) is 0.174. The number of sulfone groups is 1. The van der Waals surface area contributed by atoms with Crippen LogP contribution in [0, 0.1) is 6.92 Å². The Bertz CT molecular complexity index is 1410. The van der Waals surface area contributed by atoms with Gasteiger partial charge in [0.2, 0.25) is 5.91 Å². The van der Waals surface area contributed by atoms with Crippen LogP contribution in [-0.4, -0.2) is 37.2 Å². The first kappa shape index (κ1) is 23.2. The number of carbonyl (C=O) groups is 1. The normalized spacial score (nSPS) is 11.5. The smallest absolute Gasteiger partial charge is 0.244 e. The van der Waals surface area contributed by atoms with E-state index in [-0.39, 0.29) is 11.4 Å². The van der Waals surface area contributed by atoms with Gasteiger partial charge in [-0.2, -0.15) is 0 Å². The number of methoxy groups -OCH3 is 1. The summed E-state index contributed by atoms with van der Waals surface area (Å²) in [4.78, 5) is 23.7. The average Bonchev–Trinajstić information content (AvgIpc) is 3.24. The van der Waals surface area contributed by atoms with Crippen molar-refractivity contribution in [1.82, 2.24) is 9.97 Å². The zero-order valence-electron chi connectivity index (χ0n) is 17.9. The largest absolute Gasteiger partial charge is 0.494 e. The first-order valence-electron chi connectivity index (χ1n) is 9.91. The fourth-order valence-electron chi connectivity index (χ4n) is 3.26. The van der Waals surface area contributed by atoms with Gasteiger partial charge in [0, 0.05) is 11.2 Å². The van der Waals surface area contributed by atoms with Crippen LogP contribution in [0.3, 0.4) is 0 Å². The van der Waals surface area contributed by atoms with Gasteiger partial charge < -0.3 is 4.74 Å². The lowest BCUT2D eigenvalue weighted by Gasteiger charge is -2.19. The number of thiazole rings is 1. The molecular weight excluding hydrogens is 482 g/mol. The van der Waals surface area contributed by atoms with E-state index in [1.54, 1.807) is 31.5 Å².